The zero-order valence-electron chi connectivity index (χ0n) is 18.0. The van der Waals surface area contributed by atoms with Crippen LogP contribution in [0.1, 0.15) is 19.4 Å². The lowest BCUT2D eigenvalue weighted by Gasteiger charge is -2.15. The number of hydrogen-bond acceptors (Lipinski definition) is 5. The molecule has 0 aliphatic heterocycles. The molecular weight excluding hydrogens is 394 g/mol. The molecule has 1 atom stereocenters. The van der Waals surface area contributed by atoms with Gasteiger partial charge in [-0.2, -0.15) is 5.10 Å². The first kappa shape index (κ1) is 22.1. The molecule has 1 N–H and O–H groups in total. The monoisotopic (exact) mass is 421 g/mol. The molecule has 0 fully saturated rings. The molecule has 1 heterocycles. The Morgan fingerprint density at radius 1 is 1.10 bits per heavy atom. The quantitative estimate of drug-likeness (QED) is 0.574. The van der Waals surface area contributed by atoms with E-state index >= 15 is 0 Å². The van der Waals surface area contributed by atoms with Crippen LogP contribution in [0.15, 0.2) is 65.5 Å². The summed E-state index contributed by atoms with van der Waals surface area (Å²) in [6.45, 7) is 4.28. The molecule has 31 heavy (non-hydrogen) atoms. The van der Waals surface area contributed by atoms with Gasteiger partial charge in [-0.15, -0.1) is 0 Å². The highest BCUT2D eigenvalue weighted by molar-refractivity contribution is 5.80. The highest BCUT2D eigenvalue weighted by atomic mass is 16.5. The summed E-state index contributed by atoms with van der Waals surface area (Å²) in [5, 5.41) is 7.20. The van der Waals surface area contributed by atoms with Crippen LogP contribution in [0.3, 0.4) is 0 Å². The van der Waals surface area contributed by atoms with E-state index in [0.717, 1.165) is 12.0 Å². The van der Waals surface area contributed by atoms with Crippen LogP contribution in [0.4, 0.5) is 0 Å². The zero-order chi connectivity index (χ0) is 22.2. The Labute approximate surface area is 181 Å². The van der Waals surface area contributed by atoms with Crippen molar-refractivity contribution in [1.29, 1.82) is 0 Å². The number of methoxy groups -OCH3 is 1. The number of amides is 1. The standard InChI is InChI=1S/C24H27N3O4/c1-4-18-8-10-20(11-9-18)31-17(2)24(29)25-14-15-27-23(28)13-12-22(26-27)19-6-5-7-21(16-19)30-3/h5-13,16-17H,4,14-15H2,1-3H3,(H,25,29). The molecule has 7 nitrogen and oxygen atoms in total. The van der Waals surface area contributed by atoms with Gasteiger partial charge in [-0.05, 0) is 49.2 Å². The van der Waals surface area contributed by atoms with E-state index in [1.54, 1.807) is 20.1 Å². The summed E-state index contributed by atoms with van der Waals surface area (Å²) in [5.41, 5.74) is 2.46. The Hall–Kier alpha value is -3.61. The number of hydrogen-bond donors (Lipinski definition) is 1. The van der Waals surface area contributed by atoms with Crippen LogP contribution in [0.2, 0.25) is 0 Å². The number of nitrogens with one attached hydrogen (secondary N) is 1. The number of benzene rings is 2. The molecule has 0 aliphatic carbocycles. The lowest BCUT2D eigenvalue weighted by molar-refractivity contribution is -0.127. The number of rotatable bonds is 9. The predicted molar refractivity (Wildman–Crippen MR) is 119 cm³/mol. The van der Waals surface area contributed by atoms with E-state index in [-0.39, 0.29) is 24.6 Å². The number of nitrogens with zero attached hydrogens (tertiary/aromatic N) is 2. The maximum atomic E-state index is 12.3. The van der Waals surface area contributed by atoms with Crippen LogP contribution in [-0.2, 0) is 17.8 Å². The summed E-state index contributed by atoms with van der Waals surface area (Å²) < 4.78 is 12.3. The van der Waals surface area contributed by atoms with Gasteiger partial charge in [0.1, 0.15) is 11.5 Å². The van der Waals surface area contributed by atoms with Crippen molar-refractivity contribution < 1.29 is 14.3 Å². The highest BCUT2D eigenvalue weighted by Gasteiger charge is 2.14. The predicted octanol–water partition coefficient (Wildman–Crippen LogP) is 3.07. The van der Waals surface area contributed by atoms with E-state index in [4.69, 9.17) is 9.47 Å². The van der Waals surface area contributed by atoms with E-state index in [2.05, 4.69) is 17.3 Å². The third kappa shape index (κ3) is 5.94. The van der Waals surface area contributed by atoms with Crippen molar-refractivity contribution in [3.05, 3.63) is 76.6 Å². The summed E-state index contributed by atoms with van der Waals surface area (Å²) in [6.07, 6.45) is 0.295. The number of aryl methyl sites for hydroxylation is 1. The van der Waals surface area contributed by atoms with Crippen LogP contribution < -0.4 is 20.3 Å². The number of carbonyl (C=O) groups excluding carboxylic acids is 1. The maximum Gasteiger partial charge on any atom is 0.266 e. The van der Waals surface area contributed by atoms with Gasteiger partial charge in [-0.1, -0.05) is 31.2 Å². The van der Waals surface area contributed by atoms with Crippen molar-refractivity contribution in [2.24, 2.45) is 0 Å². The second-order valence-corrected chi connectivity index (χ2v) is 7.06. The van der Waals surface area contributed by atoms with Gasteiger partial charge in [0.05, 0.1) is 19.3 Å². The zero-order valence-corrected chi connectivity index (χ0v) is 18.0. The Morgan fingerprint density at radius 3 is 2.58 bits per heavy atom. The smallest absolute Gasteiger partial charge is 0.266 e. The minimum absolute atomic E-state index is 0.235. The highest BCUT2D eigenvalue weighted by Crippen LogP contribution is 2.21. The van der Waals surface area contributed by atoms with Gasteiger partial charge in [0.2, 0.25) is 0 Å². The molecule has 7 heteroatoms. The van der Waals surface area contributed by atoms with E-state index in [0.29, 0.717) is 17.2 Å². The Bertz CT molecular complexity index is 1080. The Kier molecular flexibility index (Phi) is 7.43. The van der Waals surface area contributed by atoms with Crippen molar-refractivity contribution in [3.8, 4) is 22.8 Å². The lowest BCUT2D eigenvalue weighted by atomic mass is 10.1. The fraction of sp³-hybridized carbons (Fsp3) is 0.292. The van der Waals surface area contributed by atoms with Crippen molar-refractivity contribution in [3.63, 3.8) is 0 Å². The van der Waals surface area contributed by atoms with Gasteiger partial charge in [0, 0.05) is 18.2 Å². The molecule has 1 aromatic heterocycles. The summed E-state index contributed by atoms with van der Waals surface area (Å²) in [7, 11) is 1.60. The molecule has 0 spiro atoms. The molecule has 2 aromatic carbocycles. The van der Waals surface area contributed by atoms with E-state index < -0.39 is 6.10 Å². The molecule has 0 saturated carbocycles. The maximum absolute atomic E-state index is 12.3. The molecule has 0 radical (unpaired) electrons. The second kappa shape index (κ2) is 10.4. The molecule has 0 aliphatic rings. The van der Waals surface area contributed by atoms with Gasteiger partial charge in [-0.3, -0.25) is 9.59 Å². The average Bonchev–Trinajstić information content (AvgIpc) is 2.80. The van der Waals surface area contributed by atoms with Gasteiger partial charge in [0.15, 0.2) is 6.10 Å². The summed E-state index contributed by atoms with van der Waals surface area (Å²) in [6, 6.07) is 18.3. The SMILES string of the molecule is CCc1ccc(OC(C)C(=O)NCCn2nc(-c3cccc(OC)c3)ccc2=O)cc1. The third-order valence-corrected chi connectivity index (χ3v) is 4.87. The molecule has 1 unspecified atom stereocenters. The molecule has 162 valence electrons. The second-order valence-electron chi connectivity index (χ2n) is 7.06. The van der Waals surface area contributed by atoms with Gasteiger partial charge in [-0.25, -0.2) is 4.68 Å². The van der Waals surface area contributed by atoms with Crippen molar-refractivity contribution >= 4 is 5.91 Å². The fourth-order valence-corrected chi connectivity index (χ4v) is 3.04. The largest absolute Gasteiger partial charge is 0.497 e. The Morgan fingerprint density at radius 2 is 1.87 bits per heavy atom. The van der Waals surface area contributed by atoms with Gasteiger partial charge < -0.3 is 14.8 Å². The van der Waals surface area contributed by atoms with Crippen molar-refractivity contribution in [1.82, 2.24) is 15.1 Å². The van der Waals surface area contributed by atoms with Gasteiger partial charge in [0.25, 0.3) is 11.5 Å². The minimum atomic E-state index is -0.653. The van der Waals surface area contributed by atoms with E-state index in [1.807, 2.05) is 48.5 Å². The average molecular weight is 421 g/mol. The van der Waals surface area contributed by atoms with Crippen molar-refractivity contribution in [2.45, 2.75) is 32.9 Å². The molecule has 0 saturated heterocycles. The first-order valence-corrected chi connectivity index (χ1v) is 10.3. The molecular formula is C24H27N3O4. The molecule has 1 amide bonds. The summed E-state index contributed by atoms with van der Waals surface area (Å²) in [5.74, 6) is 1.10. The normalized spacial score (nSPS) is 11.6. The third-order valence-electron chi connectivity index (χ3n) is 4.87. The van der Waals surface area contributed by atoms with Crippen LogP contribution in [0.5, 0.6) is 11.5 Å². The first-order chi connectivity index (χ1) is 15.0. The van der Waals surface area contributed by atoms with Crippen LogP contribution in [0, 0.1) is 0 Å². The Balaban J connectivity index is 1.57. The first-order valence-electron chi connectivity index (χ1n) is 10.3. The number of ether oxygens (including phenoxy) is 2. The van der Waals surface area contributed by atoms with Gasteiger partial charge >= 0.3 is 0 Å². The summed E-state index contributed by atoms with van der Waals surface area (Å²) in [4.78, 5) is 24.5. The number of carbonyl (C=O) groups is 1. The van der Waals surface area contributed by atoms with E-state index in [1.165, 1.54) is 16.3 Å². The van der Waals surface area contributed by atoms with Crippen LogP contribution in [0.25, 0.3) is 11.3 Å². The number of aromatic nitrogens is 2. The molecule has 3 rings (SSSR count). The fourth-order valence-electron chi connectivity index (χ4n) is 3.04. The topological polar surface area (TPSA) is 82.4 Å². The van der Waals surface area contributed by atoms with E-state index in [9.17, 15) is 9.59 Å². The van der Waals surface area contributed by atoms with Crippen LogP contribution >= 0.6 is 0 Å². The molecule has 0 bridgehead atoms. The lowest BCUT2D eigenvalue weighted by Crippen LogP contribution is -2.39. The van der Waals surface area contributed by atoms with Crippen LogP contribution in [-0.4, -0.2) is 35.4 Å². The minimum Gasteiger partial charge on any atom is -0.497 e. The van der Waals surface area contributed by atoms with Crippen molar-refractivity contribution in [2.75, 3.05) is 13.7 Å². The summed E-state index contributed by atoms with van der Waals surface area (Å²) >= 11 is 0. The molecule has 3 aromatic rings.